The second-order valence-electron chi connectivity index (χ2n) is 6.26. The summed E-state index contributed by atoms with van der Waals surface area (Å²) in [5.74, 6) is 0.0566. The minimum atomic E-state index is -0.158. The number of carbonyl (C=O) groups excluding carboxylic acids is 1. The Bertz CT molecular complexity index is 457. The third-order valence-corrected chi connectivity index (χ3v) is 4.64. The topological polar surface area (TPSA) is 52.3 Å². The van der Waals surface area contributed by atoms with Gasteiger partial charge in [-0.1, -0.05) is 30.3 Å². The lowest BCUT2D eigenvalue weighted by Crippen LogP contribution is -2.55. The van der Waals surface area contributed by atoms with Crippen LogP contribution in [0.3, 0.4) is 0 Å². The Labute approximate surface area is 114 Å². The van der Waals surface area contributed by atoms with E-state index < -0.39 is 0 Å². The van der Waals surface area contributed by atoms with Gasteiger partial charge in [0.1, 0.15) is 6.10 Å². The first-order chi connectivity index (χ1) is 9.08. The van der Waals surface area contributed by atoms with Crippen molar-refractivity contribution >= 4 is 5.97 Å². The van der Waals surface area contributed by atoms with Crippen LogP contribution in [0, 0.1) is 11.3 Å². The van der Waals surface area contributed by atoms with Crippen LogP contribution in [0.2, 0.25) is 0 Å². The van der Waals surface area contributed by atoms with Gasteiger partial charge < -0.3 is 10.5 Å². The zero-order valence-electron chi connectivity index (χ0n) is 11.3. The van der Waals surface area contributed by atoms with Gasteiger partial charge in [0, 0.05) is 6.04 Å². The molecular weight excluding hydrogens is 238 g/mol. The summed E-state index contributed by atoms with van der Waals surface area (Å²) in [5.41, 5.74) is 7.27. The third-order valence-electron chi connectivity index (χ3n) is 4.64. The fourth-order valence-corrected chi connectivity index (χ4v) is 3.60. The van der Waals surface area contributed by atoms with E-state index in [0.717, 1.165) is 31.2 Å². The number of rotatable bonds is 3. The SMILES string of the molecule is C[C@H](OC(=O)[C@H]1CC2(C[C@@H](N)C2)C1)c1ccccc1. The quantitative estimate of drug-likeness (QED) is 0.849. The molecule has 2 N–H and O–H groups in total. The molecule has 0 heterocycles. The summed E-state index contributed by atoms with van der Waals surface area (Å²) in [4.78, 5) is 12.1. The van der Waals surface area contributed by atoms with Crippen molar-refractivity contribution in [2.45, 2.75) is 44.8 Å². The van der Waals surface area contributed by atoms with Crippen LogP contribution in [0.5, 0.6) is 0 Å². The highest BCUT2D eigenvalue weighted by molar-refractivity contribution is 5.74. The number of nitrogens with two attached hydrogens (primary N) is 1. The van der Waals surface area contributed by atoms with Gasteiger partial charge in [-0.3, -0.25) is 4.79 Å². The van der Waals surface area contributed by atoms with Crippen LogP contribution in [-0.2, 0) is 9.53 Å². The first kappa shape index (κ1) is 12.7. The zero-order chi connectivity index (χ0) is 13.5. The van der Waals surface area contributed by atoms with Crippen molar-refractivity contribution in [2.75, 3.05) is 0 Å². The molecule has 0 amide bonds. The molecule has 0 unspecified atom stereocenters. The molecule has 1 aromatic carbocycles. The number of carbonyl (C=O) groups is 1. The summed E-state index contributed by atoms with van der Waals surface area (Å²) in [5, 5.41) is 0. The Morgan fingerprint density at radius 2 is 1.89 bits per heavy atom. The molecule has 2 aliphatic carbocycles. The highest BCUT2D eigenvalue weighted by Gasteiger charge is 2.54. The first-order valence-corrected chi connectivity index (χ1v) is 7.09. The predicted molar refractivity (Wildman–Crippen MR) is 73.3 cm³/mol. The van der Waals surface area contributed by atoms with E-state index in [9.17, 15) is 4.79 Å². The van der Waals surface area contributed by atoms with E-state index in [1.54, 1.807) is 0 Å². The van der Waals surface area contributed by atoms with Crippen molar-refractivity contribution in [1.82, 2.24) is 0 Å². The molecule has 3 nitrogen and oxygen atoms in total. The Hall–Kier alpha value is -1.35. The van der Waals surface area contributed by atoms with E-state index in [-0.39, 0.29) is 18.0 Å². The maximum absolute atomic E-state index is 12.1. The van der Waals surface area contributed by atoms with Crippen LogP contribution in [0.4, 0.5) is 0 Å². The third kappa shape index (κ3) is 2.39. The maximum atomic E-state index is 12.1. The number of hydrogen-bond donors (Lipinski definition) is 1. The standard InChI is InChI=1S/C16H21NO2/c1-11(12-5-3-2-4-6-12)19-15(18)13-7-16(8-13)9-14(17)10-16/h2-6,11,13-14H,7-10,17H2,1H3/t11-,13-,14-,16?/m0/s1. The van der Waals surface area contributed by atoms with E-state index in [4.69, 9.17) is 10.5 Å². The molecule has 102 valence electrons. The van der Waals surface area contributed by atoms with Gasteiger partial charge in [-0.15, -0.1) is 0 Å². The number of benzene rings is 1. The summed E-state index contributed by atoms with van der Waals surface area (Å²) < 4.78 is 5.56. The summed E-state index contributed by atoms with van der Waals surface area (Å²) in [6, 6.07) is 10.2. The van der Waals surface area contributed by atoms with Gasteiger partial charge in [-0.25, -0.2) is 0 Å². The molecule has 0 radical (unpaired) electrons. The summed E-state index contributed by atoms with van der Waals surface area (Å²) >= 11 is 0. The van der Waals surface area contributed by atoms with Crippen LogP contribution < -0.4 is 5.73 Å². The van der Waals surface area contributed by atoms with E-state index in [1.165, 1.54) is 0 Å². The van der Waals surface area contributed by atoms with Crippen molar-refractivity contribution in [1.29, 1.82) is 0 Å². The Balaban J connectivity index is 1.50. The molecule has 0 aliphatic heterocycles. The van der Waals surface area contributed by atoms with Crippen LogP contribution in [-0.4, -0.2) is 12.0 Å². The first-order valence-electron chi connectivity index (χ1n) is 7.09. The average Bonchev–Trinajstić information content (AvgIpc) is 2.32. The Morgan fingerprint density at radius 1 is 1.26 bits per heavy atom. The molecule has 1 spiro atoms. The highest BCUT2D eigenvalue weighted by Crippen LogP contribution is 2.58. The number of hydrogen-bond acceptors (Lipinski definition) is 3. The van der Waals surface area contributed by atoms with E-state index >= 15 is 0 Å². The molecule has 3 rings (SSSR count). The molecule has 2 saturated carbocycles. The Morgan fingerprint density at radius 3 is 2.47 bits per heavy atom. The minimum Gasteiger partial charge on any atom is -0.458 e. The van der Waals surface area contributed by atoms with Crippen LogP contribution in [0.1, 0.15) is 44.3 Å². The molecular formula is C16H21NO2. The fourth-order valence-electron chi connectivity index (χ4n) is 3.60. The zero-order valence-corrected chi connectivity index (χ0v) is 11.3. The highest BCUT2D eigenvalue weighted by atomic mass is 16.5. The molecule has 2 aliphatic rings. The molecule has 0 aromatic heterocycles. The summed E-state index contributed by atoms with van der Waals surface area (Å²) in [7, 11) is 0. The normalized spacial score (nSPS) is 34.2. The molecule has 19 heavy (non-hydrogen) atoms. The van der Waals surface area contributed by atoms with Gasteiger partial charge >= 0.3 is 5.97 Å². The second-order valence-corrected chi connectivity index (χ2v) is 6.26. The van der Waals surface area contributed by atoms with E-state index in [2.05, 4.69) is 0 Å². The van der Waals surface area contributed by atoms with Gasteiger partial charge in [0.05, 0.1) is 5.92 Å². The molecule has 0 saturated heterocycles. The smallest absolute Gasteiger partial charge is 0.309 e. The van der Waals surface area contributed by atoms with E-state index in [1.807, 2.05) is 37.3 Å². The molecule has 2 fully saturated rings. The lowest BCUT2D eigenvalue weighted by molar-refractivity contribution is -0.167. The van der Waals surface area contributed by atoms with Gasteiger partial charge in [-0.2, -0.15) is 0 Å². The van der Waals surface area contributed by atoms with Crippen molar-refractivity contribution in [3.05, 3.63) is 35.9 Å². The minimum absolute atomic E-state index is 0.0394. The second kappa shape index (κ2) is 4.64. The monoisotopic (exact) mass is 259 g/mol. The number of esters is 1. The maximum Gasteiger partial charge on any atom is 0.309 e. The van der Waals surface area contributed by atoms with Crippen molar-refractivity contribution in [3.8, 4) is 0 Å². The summed E-state index contributed by atoms with van der Waals surface area (Å²) in [6.07, 6.45) is 3.96. The van der Waals surface area contributed by atoms with Crippen LogP contribution >= 0.6 is 0 Å². The van der Waals surface area contributed by atoms with E-state index in [0.29, 0.717) is 11.5 Å². The fraction of sp³-hybridized carbons (Fsp3) is 0.562. The number of ether oxygens (including phenoxy) is 1. The molecule has 3 heteroatoms. The predicted octanol–water partition coefficient (Wildman–Crippen LogP) is 2.81. The largest absolute Gasteiger partial charge is 0.458 e. The van der Waals surface area contributed by atoms with Crippen molar-refractivity contribution in [3.63, 3.8) is 0 Å². The van der Waals surface area contributed by atoms with Crippen molar-refractivity contribution < 1.29 is 9.53 Å². The molecule has 0 bridgehead atoms. The van der Waals surface area contributed by atoms with Gasteiger partial charge in [0.2, 0.25) is 0 Å². The average molecular weight is 259 g/mol. The van der Waals surface area contributed by atoms with Crippen LogP contribution in [0.25, 0.3) is 0 Å². The lowest BCUT2D eigenvalue weighted by atomic mass is 9.50. The Kier molecular flexibility index (Phi) is 3.09. The van der Waals surface area contributed by atoms with Gasteiger partial charge in [0.25, 0.3) is 0 Å². The molecule has 1 aromatic rings. The van der Waals surface area contributed by atoms with Crippen molar-refractivity contribution in [2.24, 2.45) is 17.1 Å². The lowest BCUT2D eigenvalue weighted by Gasteiger charge is -2.56. The van der Waals surface area contributed by atoms with Crippen LogP contribution in [0.15, 0.2) is 30.3 Å². The van der Waals surface area contributed by atoms with Gasteiger partial charge in [0.15, 0.2) is 0 Å². The summed E-state index contributed by atoms with van der Waals surface area (Å²) in [6.45, 7) is 1.93. The molecule has 1 atom stereocenters. The van der Waals surface area contributed by atoms with Gasteiger partial charge in [-0.05, 0) is 43.6 Å².